The van der Waals surface area contributed by atoms with E-state index in [0.29, 0.717) is 0 Å². The first-order chi connectivity index (χ1) is 7.03. The second kappa shape index (κ2) is 3.38. The van der Waals surface area contributed by atoms with Crippen LogP contribution in [0.2, 0.25) is 0 Å². The Kier molecular flexibility index (Phi) is 2.31. The van der Waals surface area contributed by atoms with E-state index in [2.05, 4.69) is 6.07 Å². The largest absolute Gasteiger partial charge is 0.461 e. The van der Waals surface area contributed by atoms with E-state index in [0.717, 1.165) is 22.3 Å². The molecule has 2 heteroatoms. The Morgan fingerprint density at radius 2 is 2.00 bits per heavy atom. The Bertz CT molecular complexity index is 480. The summed E-state index contributed by atoms with van der Waals surface area (Å²) >= 11 is 0. The molecule has 1 aromatic carbocycles. The molecule has 1 N–H and O–H groups in total. The number of benzene rings is 1. The van der Waals surface area contributed by atoms with Gasteiger partial charge in [0.2, 0.25) is 0 Å². The second-order valence-corrected chi connectivity index (χ2v) is 4.65. The van der Waals surface area contributed by atoms with Crippen LogP contribution in [-0.4, -0.2) is 11.7 Å². The lowest BCUT2D eigenvalue weighted by molar-refractivity contribution is 0.218. The quantitative estimate of drug-likeness (QED) is 0.815. The smallest absolute Gasteiger partial charge is 0.134 e. The van der Waals surface area contributed by atoms with E-state index in [4.69, 9.17) is 4.42 Å². The Hall–Kier alpha value is -1.28. The van der Waals surface area contributed by atoms with Crippen molar-refractivity contribution in [1.82, 2.24) is 0 Å². The van der Waals surface area contributed by atoms with Crippen LogP contribution in [-0.2, 0) is 5.41 Å². The number of aryl methyl sites for hydroxylation is 1. The van der Waals surface area contributed by atoms with Gasteiger partial charge in [-0.25, -0.2) is 0 Å². The maximum atomic E-state index is 9.30. The first-order valence-electron chi connectivity index (χ1n) is 5.14. The Balaban J connectivity index is 2.55. The van der Waals surface area contributed by atoms with Gasteiger partial charge in [0, 0.05) is 10.8 Å². The van der Waals surface area contributed by atoms with Gasteiger partial charge in [-0.15, -0.1) is 0 Å². The highest BCUT2D eigenvalue weighted by Crippen LogP contribution is 2.27. The summed E-state index contributed by atoms with van der Waals surface area (Å²) in [6.45, 7) is 6.15. The first kappa shape index (κ1) is 10.2. The maximum absolute atomic E-state index is 9.30. The van der Waals surface area contributed by atoms with Crippen LogP contribution in [0.15, 0.2) is 28.7 Å². The highest BCUT2D eigenvalue weighted by molar-refractivity contribution is 5.79. The standard InChI is InChI=1S/C13H16O2/c1-9-6-10-7-11(13(2,3)8-14)4-5-12(10)15-9/h4-7,14H,8H2,1-3H3. The molecule has 0 radical (unpaired) electrons. The van der Waals surface area contributed by atoms with Crippen molar-refractivity contribution in [2.75, 3.05) is 6.61 Å². The third-order valence-electron chi connectivity index (χ3n) is 2.82. The van der Waals surface area contributed by atoms with Crippen LogP contribution < -0.4 is 0 Å². The number of hydrogen-bond donors (Lipinski definition) is 1. The van der Waals surface area contributed by atoms with E-state index < -0.39 is 0 Å². The number of aliphatic hydroxyl groups is 1. The van der Waals surface area contributed by atoms with Crippen LogP contribution >= 0.6 is 0 Å². The fraction of sp³-hybridized carbons (Fsp3) is 0.385. The fourth-order valence-electron chi connectivity index (χ4n) is 1.69. The summed E-state index contributed by atoms with van der Waals surface area (Å²) < 4.78 is 5.51. The van der Waals surface area contributed by atoms with Crippen molar-refractivity contribution in [3.8, 4) is 0 Å². The molecular formula is C13H16O2. The van der Waals surface area contributed by atoms with Crippen molar-refractivity contribution in [3.63, 3.8) is 0 Å². The molecule has 0 bridgehead atoms. The van der Waals surface area contributed by atoms with Gasteiger partial charge < -0.3 is 9.52 Å². The molecule has 2 rings (SSSR count). The lowest BCUT2D eigenvalue weighted by Gasteiger charge is -2.21. The van der Waals surface area contributed by atoms with Crippen LogP contribution in [0.1, 0.15) is 25.2 Å². The van der Waals surface area contributed by atoms with Gasteiger partial charge in [-0.05, 0) is 30.7 Å². The topological polar surface area (TPSA) is 33.4 Å². The highest BCUT2D eigenvalue weighted by Gasteiger charge is 2.19. The molecule has 0 aliphatic carbocycles. The fourth-order valence-corrected chi connectivity index (χ4v) is 1.69. The SMILES string of the molecule is Cc1cc2cc(C(C)(C)CO)ccc2o1. The third kappa shape index (κ3) is 1.77. The van der Waals surface area contributed by atoms with E-state index in [1.54, 1.807) is 0 Å². The zero-order valence-corrected chi connectivity index (χ0v) is 9.37. The van der Waals surface area contributed by atoms with Crippen LogP contribution in [0.3, 0.4) is 0 Å². The molecular weight excluding hydrogens is 188 g/mol. The predicted molar refractivity (Wildman–Crippen MR) is 61.1 cm³/mol. The number of hydrogen-bond acceptors (Lipinski definition) is 2. The van der Waals surface area contributed by atoms with E-state index in [-0.39, 0.29) is 12.0 Å². The van der Waals surface area contributed by atoms with Crippen molar-refractivity contribution in [2.24, 2.45) is 0 Å². The summed E-state index contributed by atoms with van der Waals surface area (Å²) in [6, 6.07) is 8.09. The molecule has 0 saturated carbocycles. The minimum absolute atomic E-state index is 0.148. The van der Waals surface area contributed by atoms with Gasteiger partial charge in [0.15, 0.2) is 0 Å². The van der Waals surface area contributed by atoms with Crippen LogP contribution in [0.25, 0.3) is 11.0 Å². The molecule has 2 nitrogen and oxygen atoms in total. The minimum atomic E-state index is -0.195. The van der Waals surface area contributed by atoms with Crippen LogP contribution in [0.4, 0.5) is 0 Å². The lowest BCUT2D eigenvalue weighted by Crippen LogP contribution is -2.21. The van der Waals surface area contributed by atoms with Crippen molar-refractivity contribution >= 4 is 11.0 Å². The number of aliphatic hydroxyl groups excluding tert-OH is 1. The van der Waals surface area contributed by atoms with E-state index in [9.17, 15) is 5.11 Å². The van der Waals surface area contributed by atoms with Crippen LogP contribution in [0.5, 0.6) is 0 Å². The first-order valence-corrected chi connectivity index (χ1v) is 5.14. The molecule has 0 amide bonds. The summed E-state index contributed by atoms with van der Waals surface area (Å²) in [5, 5.41) is 10.4. The summed E-state index contributed by atoms with van der Waals surface area (Å²) in [6.07, 6.45) is 0. The molecule has 80 valence electrons. The minimum Gasteiger partial charge on any atom is -0.461 e. The summed E-state index contributed by atoms with van der Waals surface area (Å²) in [4.78, 5) is 0. The molecule has 15 heavy (non-hydrogen) atoms. The van der Waals surface area contributed by atoms with E-state index in [1.807, 2.05) is 39.0 Å². The number of fused-ring (bicyclic) bond motifs is 1. The van der Waals surface area contributed by atoms with Gasteiger partial charge in [-0.2, -0.15) is 0 Å². The predicted octanol–water partition coefficient (Wildman–Crippen LogP) is 3.01. The third-order valence-corrected chi connectivity index (χ3v) is 2.82. The Labute approximate surface area is 89.5 Å². The van der Waals surface area contributed by atoms with Gasteiger partial charge in [0.25, 0.3) is 0 Å². The van der Waals surface area contributed by atoms with Gasteiger partial charge in [0.1, 0.15) is 11.3 Å². The summed E-state index contributed by atoms with van der Waals surface area (Å²) in [5.41, 5.74) is 1.85. The zero-order chi connectivity index (χ0) is 11.1. The highest BCUT2D eigenvalue weighted by atomic mass is 16.3. The molecule has 0 spiro atoms. The number of furan rings is 1. The Morgan fingerprint density at radius 1 is 1.27 bits per heavy atom. The van der Waals surface area contributed by atoms with Crippen molar-refractivity contribution in [3.05, 3.63) is 35.6 Å². The molecule has 0 aliphatic heterocycles. The Morgan fingerprint density at radius 3 is 2.67 bits per heavy atom. The number of rotatable bonds is 2. The molecule has 0 atom stereocenters. The van der Waals surface area contributed by atoms with Gasteiger partial charge in [-0.3, -0.25) is 0 Å². The van der Waals surface area contributed by atoms with Crippen molar-refractivity contribution in [2.45, 2.75) is 26.2 Å². The van der Waals surface area contributed by atoms with Crippen LogP contribution in [0, 0.1) is 6.92 Å². The zero-order valence-electron chi connectivity index (χ0n) is 9.37. The summed E-state index contributed by atoms with van der Waals surface area (Å²) in [5.74, 6) is 0.920. The van der Waals surface area contributed by atoms with E-state index in [1.165, 1.54) is 0 Å². The molecule has 0 fully saturated rings. The average molecular weight is 204 g/mol. The average Bonchev–Trinajstić information content (AvgIpc) is 2.56. The normalized spacial score (nSPS) is 12.3. The lowest BCUT2D eigenvalue weighted by atomic mass is 9.85. The molecule has 0 unspecified atom stereocenters. The van der Waals surface area contributed by atoms with Gasteiger partial charge in [-0.1, -0.05) is 19.9 Å². The van der Waals surface area contributed by atoms with Crippen molar-refractivity contribution in [1.29, 1.82) is 0 Å². The van der Waals surface area contributed by atoms with Gasteiger partial charge >= 0.3 is 0 Å². The maximum Gasteiger partial charge on any atom is 0.134 e. The molecule has 1 heterocycles. The molecule has 2 aromatic rings. The molecule has 1 aromatic heterocycles. The molecule has 0 aliphatic rings. The van der Waals surface area contributed by atoms with E-state index >= 15 is 0 Å². The van der Waals surface area contributed by atoms with Crippen molar-refractivity contribution < 1.29 is 9.52 Å². The van der Waals surface area contributed by atoms with Gasteiger partial charge in [0.05, 0.1) is 6.61 Å². The second-order valence-electron chi connectivity index (χ2n) is 4.65. The monoisotopic (exact) mass is 204 g/mol. The summed E-state index contributed by atoms with van der Waals surface area (Å²) in [7, 11) is 0. The molecule has 0 saturated heterocycles.